The van der Waals surface area contributed by atoms with E-state index in [-0.39, 0.29) is 149 Å². The van der Waals surface area contributed by atoms with E-state index in [1.54, 1.807) is 24.3 Å². The number of allylic oxidation sites excluding steroid dienone is 8. The zero-order chi connectivity index (χ0) is 101. The predicted molar refractivity (Wildman–Crippen MR) is 522 cm³/mol. The first kappa shape index (κ1) is 92.7. The Bertz CT molecular complexity index is 6220. The van der Waals surface area contributed by atoms with E-state index in [9.17, 15) is 19.2 Å². The van der Waals surface area contributed by atoms with Gasteiger partial charge in [0.1, 0.15) is 0 Å². The van der Waals surface area contributed by atoms with E-state index in [0.29, 0.717) is 0 Å². The quantitative estimate of drug-likeness (QED) is 0.0309. The molecule has 696 valence electrons. The molecule has 0 unspecified atom stereocenters. The number of aromatic nitrogens is 4. The predicted octanol–water partition coefficient (Wildman–Crippen LogP) is 29.1. The fourth-order valence-electron chi connectivity index (χ4n) is 16.9. The van der Waals surface area contributed by atoms with Gasteiger partial charge in [-0.1, -0.05) is 268 Å². The van der Waals surface area contributed by atoms with Gasteiger partial charge in [0.15, 0.2) is 23.1 Å². The molecule has 0 bridgehead atoms. The average Bonchev–Trinajstić information content (AvgIpc) is 1.59. The normalized spacial score (nSPS) is 15.8. The number of aryl methyl sites for hydroxylation is 8. The number of carbonyl (C=O) groups excluding carboxylic acids is 4. The van der Waals surface area contributed by atoms with Gasteiger partial charge in [-0.15, -0.1) is 140 Å². The largest absolute Gasteiger partial charge is 0.512 e. The van der Waals surface area contributed by atoms with E-state index in [1.807, 2.05) is 94.4 Å². The zero-order valence-corrected chi connectivity index (χ0v) is 86.5. The van der Waals surface area contributed by atoms with Crippen LogP contribution < -0.4 is 0 Å². The van der Waals surface area contributed by atoms with Gasteiger partial charge in [-0.2, -0.15) is 0 Å². The molecule has 16 rings (SSSR count). The third kappa shape index (κ3) is 37.8. The summed E-state index contributed by atoms with van der Waals surface area (Å²) in [7, 11) is 0. The van der Waals surface area contributed by atoms with Gasteiger partial charge in [-0.05, 0) is 174 Å². The number of nitrogens with zero attached hydrogens (tertiary/aromatic N) is 4. The molecule has 12 aromatic rings. The smallest absolute Gasteiger partial charge is 0.155 e. The number of hydrogen-bond acceptors (Lipinski definition) is 12. The van der Waals surface area contributed by atoms with E-state index in [2.05, 4.69) is 103 Å². The molecule has 130 heavy (non-hydrogen) atoms. The maximum atomic E-state index is 10.0. The Hall–Kier alpha value is -9.16. The molecule has 0 amide bonds. The molecule has 4 heterocycles. The Morgan fingerprint density at radius 1 is 0.300 bits per heavy atom. The fourth-order valence-corrected chi connectivity index (χ4v) is 16.9. The molecule has 4 N–H and O–H groups in total. The molecule has 4 saturated carbocycles. The minimum atomic E-state index is -2.16. The average molecular weight is 2470 g/mol. The summed E-state index contributed by atoms with van der Waals surface area (Å²) < 4.78 is 92.2. The van der Waals surface area contributed by atoms with Crippen LogP contribution in [0.2, 0.25) is 0 Å². The van der Waals surface area contributed by atoms with Crippen LogP contribution in [0, 0.1) is 103 Å². The molecule has 0 aliphatic heterocycles. The van der Waals surface area contributed by atoms with Crippen molar-refractivity contribution < 1.29 is 136 Å². The molecular formula is C114H132Ir4N4O8-4. The number of aliphatic hydroxyl groups is 4. The molecule has 8 aromatic carbocycles. The van der Waals surface area contributed by atoms with Crippen LogP contribution in [0.25, 0.3) is 88.6 Å². The van der Waals surface area contributed by atoms with E-state index in [0.717, 1.165) is 139 Å². The first-order valence-corrected chi connectivity index (χ1v) is 44.4. The number of aliphatic hydroxyl groups excluding tert-OH is 4. The number of hydrogen-bond donors (Lipinski definition) is 4. The van der Waals surface area contributed by atoms with Crippen molar-refractivity contribution in [1.29, 1.82) is 0 Å². The van der Waals surface area contributed by atoms with E-state index in [1.165, 1.54) is 239 Å². The molecule has 0 saturated heterocycles. The number of benzene rings is 8. The van der Waals surface area contributed by atoms with Crippen LogP contribution in [0.5, 0.6) is 0 Å². The summed E-state index contributed by atoms with van der Waals surface area (Å²) in [5.41, 5.74) is 20.0. The van der Waals surface area contributed by atoms with Gasteiger partial charge in [-0.25, -0.2) is 0 Å². The molecule has 4 fully saturated rings. The van der Waals surface area contributed by atoms with Crippen molar-refractivity contribution in [3.05, 3.63) is 308 Å². The van der Waals surface area contributed by atoms with Crippen molar-refractivity contribution in [1.82, 2.24) is 19.9 Å². The van der Waals surface area contributed by atoms with Gasteiger partial charge in [0.05, 0.1) is 45.1 Å². The molecule has 4 aliphatic rings. The molecule has 4 radical (unpaired) electrons. The maximum absolute atomic E-state index is 10.0. The van der Waals surface area contributed by atoms with Crippen LogP contribution in [0.4, 0.5) is 0 Å². The molecule has 16 heteroatoms. The van der Waals surface area contributed by atoms with Crippen LogP contribution in [-0.4, -0.2) is 63.5 Å². The Labute approximate surface area is 845 Å². The summed E-state index contributed by atoms with van der Waals surface area (Å²) in [6.07, 6.45) is 33.4. The summed E-state index contributed by atoms with van der Waals surface area (Å²) in [5, 5.41) is 38.3. The molecule has 12 nitrogen and oxygen atoms in total. The monoisotopic (exact) mass is 2470 g/mol. The number of fused-ring (bicyclic) bond motifs is 4. The Kier molecular flexibility index (Phi) is 40.4. The van der Waals surface area contributed by atoms with Crippen molar-refractivity contribution in [3.8, 4) is 45.0 Å². The summed E-state index contributed by atoms with van der Waals surface area (Å²) in [6.45, 7) is 10.4. The number of carbonyl (C=O) groups is 4. The minimum absolute atomic E-state index is 0. The third-order valence-corrected chi connectivity index (χ3v) is 22.5. The zero-order valence-electron chi connectivity index (χ0n) is 88.9. The number of pyridine rings is 4. The summed E-state index contributed by atoms with van der Waals surface area (Å²) in [6, 6.07) is 68.7. The van der Waals surface area contributed by atoms with Crippen LogP contribution in [-0.2, 0) is 125 Å². The van der Waals surface area contributed by atoms with Crippen molar-refractivity contribution in [2.75, 3.05) is 0 Å². The third-order valence-electron chi connectivity index (χ3n) is 22.5. The Morgan fingerprint density at radius 3 is 0.677 bits per heavy atom. The summed E-state index contributed by atoms with van der Waals surface area (Å²) in [5.74, 6) is 2.91. The second kappa shape index (κ2) is 56.7. The van der Waals surface area contributed by atoms with Gasteiger partial charge in [-0.3, -0.25) is 39.1 Å². The van der Waals surface area contributed by atoms with Gasteiger partial charge in [0.2, 0.25) is 0 Å². The van der Waals surface area contributed by atoms with E-state index < -0.39 is 27.4 Å². The SMILES string of the molecule is CC(=O)C=C(C)O.CC(=O)C=C(C)O.CC(=O)C=C(C)O.CC(=O)C=C(C)O.[2H]C([2H])([2H])c1[c-]c(-c2ccc3c(CC4CCC4)cccc3n2)cc(C)c1.[2H]C([2H])([2H])c1[c-]c(-c2ccc3c(CC4CCCC4)cccc3n2)cc(C)c1.[2H]C([2H])([2H])c1[c-]c(-c2ccc3c(CC4CCCCC4)cccc3n2)cc(C)c1.[2H]C([2H])([2H])c1[c-]c(-c2ccc3c(CC4CCCCCC4)cccc3n2)cc(C)c1.[Ir].[Ir].[Ir].[Ir]. The second-order valence-corrected chi connectivity index (χ2v) is 34.4. The minimum Gasteiger partial charge on any atom is -0.512 e. The van der Waals surface area contributed by atoms with Gasteiger partial charge in [0.25, 0.3) is 0 Å². The topological polar surface area (TPSA) is 201 Å². The number of rotatable bonds is 16. The van der Waals surface area contributed by atoms with Crippen molar-refractivity contribution in [2.24, 2.45) is 23.7 Å². The van der Waals surface area contributed by atoms with Crippen LogP contribution in [0.3, 0.4) is 0 Å². The fraction of sp³-hybridized carbons (Fsp3) is 0.368. The first-order valence-electron chi connectivity index (χ1n) is 50.4. The summed E-state index contributed by atoms with van der Waals surface area (Å²) in [4.78, 5) is 59.4. The van der Waals surface area contributed by atoms with Crippen molar-refractivity contribution in [3.63, 3.8) is 0 Å². The van der Waals surface area contributed by atoms with Crippen LogP contribution in [0.15, 0.2) is 217 Å². The molecule has 0 atom stereocenters. The standard InChI is InChI=1S/C25H28N.C24H26N.C23H24N.C22H22N.4C5H8O2.4Ir/c1-18-14-19(2)16-22(15-18)24-13-12-23-21(10-7-11-25(23)26-24)17-20-8-5-3-4-6-9-20;1-17-13-18(2)15-21(14-17)23-12-11-22-20(9-6-10-24(22)25-23)16-19-7-4-3-5-8-19;1-16-12-17(2)14-20(13-16)22-11-10-21-19(8-5-9-23(21)24-22)15-18-6-3-4-7-18;1-15-11-16(2)13-19(12-15)21-10-9-20-18(14-17-5-3-6-17)7-4-8-22(20)23-21;4*1-4(6)3-5(2)7;;;;/h7,10-15,20H,3-6,8-9,17H2,1-2H3;6,9-14,19H,3-5,7-8,16H2,1-2H3;5,8-13,18H,3-4,6-7,15H2,1-2H3;4,7-12,17H,3,5-6,14H2,1-2H3;4*3,6H,1-2H3;;;;/q4*-1;;;;;;;;/i4*2D3;;;;;;;;. The molecule has 4 aliphatic carbocycles. The molecular weight excluding hydrogens is 2320 g/mol. The van der Waals surface area contributed by atoms with Gasteiger partial charge < -0.3 is 20.4 Å². The van der Waals surface area contributed by atoms with Gasteiger partial charge in [0, 0.05) is 143 Å². The van der Waals surface area contributed by atoms with Crippen LogP contribution in [0.1, 0.15) is 254 Å². The van der Waals surface area contributed by atoms with E-state index >= 15 is 0 Å². The summed E-state index contributed by atoms with van der Waals surface area (Å²) >= 11 is 0. The number of ketones is 4. The Morgan fingerprint density at radius 2 is 0.500 bits per heavy atom. The maximum Gasteiger partial charge on any atom is 0.155 e. The van der Waals surface area contributed by atoms with E-state index in [4.69, 9.17) is 56.8 Å². The van der Waals surface area contributed by atoms with Crippen molar-refractivity contribution in [2.45, 2.75) is 252 Å². The van der Waals surface area contributed by atoms with Crippen LogP contribution >= 0.6 is 0 Å². The molecule has 0 spiro atoms. The molecule has 4 aromatic heterocycles. The van der Waals surface area contributed by atoms with Gasteiger partial charge >= 0.3 is 0 Å². The Balaban J connectivity index is 0.000000303. The van der Waals surface area contributed by atoms with Crippen molar-refractivity contribution >= 4 is 66.7 Å². The first-order chi connectivity index (χ1) is 65.1. The second-order valence-electron chi connectivity index (χ2n) is 34.4.